The van der Waals surface area contributed by atoms with Gasteiger partial charge in [0.25, 0.3) is 11.5 Å². The number of rotatable bonds is 5. The van der Waals surface area contributed by atoms with Crippen molar-refractivity contribution in [2.24, 2.45) is 18.9 Å². The first kappa shape index (κ1) is 23.6. The van der Waals surface area contributed by atoms with Gasteiger partial charge in [0.2, 0.25) is 0 Å². The van der Waals surface area contributed by atoms with Crippen molar-refractivity contribution < 1.29 is 4.79 Å². The molecular weight excluding hydrogens is 428 g/mol. The van der Waals surface area contributed by atoms with Crippen LogP contribution in [-0.2, 0) is 11.8 Å². The molecule has 0 bridgehead atoms. The molecule has 3 rings (SSSR count). The van der Waals surface area contributed by atoms with Crippen LogP contribution in [0.1, 0.15) is 56.7 Å². The van der Waals surface area contributed by atoms with Crippen LogP contribution in [-0.4, -0.2) is 39.3 Å². The second-order valence-electron chi connectivity index (χ2n) is 8.90. The Balaban J connectivity index is 2.09. The number of hydrogen-bond donors (Lipinski definition) is 0. The quantitative estimate of drug-likeness (QED) is 0.490. The van der Waals surface area contributed by atoms with E-state index < -0.39 is 0 Å². The molecule has 2 saturated heterocycles. The first-order valence-corrected chi connectivity index (χ1v) is 12.0. The first-order chi connectivity index (χ1) is 14.6. The highest BCUT2D eigenvalue weighted by molar-refractivity contribution is 8.26. The van der Waals surface area contributed by atoms with Gasteiger partial charge in [-0.1, -0.05) is 44.8 Å². The Morgan fingerprint density at radius 3 is 2.52 bits per heavy atom. The lowest BCUT2D eigenvalue weighted by molar-refractivity contribution is -0.122. The third-order valence-electron chi connectivity index (χ3n) is 6.13. The van der Waals surface area contributed by atoms with Crippen molar-refractivity contribution in [3.05, 3.63) is 31.9 Å². The van der Waals surface area contributed by atoms with Crippen LogP contribution in [0.25, 0.3) is 6.08 Å². The maximum Gasteiger partial charge on any atom is 0.270 e. The molecule has 0 atom stereocenters. The van der Waals surface area contributed by atoms with E-state index in [2.05, 4.69) is 31.7 Å². The van der Waals surface area contributed by atoms with Gasteiger partial charge in [-0.25, -0.2) is 0 Å². The van der Waals surface area contributed by atoms with Gasteiger partial charge in [-0.3, -0.25) is 19.1 Å². The maximum absolute atomic E-state index is 13.1. The van der Waals surface area contributed by atoms with E-state index in [4.69, 9.17) is 12.2 Å². The molecule has 0 aliphatic carbocycles. The molecule has 2 aliphatic rings. The summed E-state index contributed by atoms with van der Waals surface area (Å²) in [5.74, 6) is 1.81. The second kappa shape index (κ2) is 9.58. The SMILES string of the molecule is Cc1c(/C=C2\SC(=S)N(CCC(C)C)C2=O)c(N2CCC(C)CC2)n(C)c(=O)c1C#N. The minimum Gasteiger partial charge on any atom is -0.357 e. The van der Waals surface area contributed by atoms with Crippen molar-refractivity contribution in [2.45, 2.75) is 47.0 Å². The molecular formula is C23H30N4O2S2. The molecule has 31 heavy (non-hydrogen) atoms. The van der Waals surface area contributed by atoms with Crippen LogP contribution in [0.3, 0.4) is 0 Å². The zero-order valence-electron chi connectivity index (χ0n) is 18.9. The van der Waals surface area contributed by atoms with E-state index in [0.717, 1.165) is 43.7 Å². The number of thioether (sulfide) groups is 1. The molecule has 0 radical (unpaired) electrons. The molecule has 8 heteroatoms. The van der Waals surface area contributed by atoms with Gasteiger partial charge >= 0.3 is 0 Å². The van der Waals surface area contributed by atoms with E-state index >= 15 is 0 Å². The van der Waals surface area contributed by atoms with Crippen LogP contribution in [0.2, 0.25) is 0 Å². The fraction of sp³-hybridized carbons (Fsp3) is 0.565. The monoisotopic (exact) mass is 458 g/mol. The fourth-order valence-corrected chi connectivity index (χ4v) is 5.32. The normalized spacial score (nSPS) is 19.1. The van der Waals surface area contributed by atoms with Crippen molar-refractivity contribution in [2.75, 3.05) is 24.5 Å². The number of piperidine rings is 1. The molecule has 1 aromatic rings. The van der Waals surface area contributed by atoms with Crippen molar-refractivity contribution in [3.8, 4) is 6.07 Å². The van der Waals surface area contributed by atoms with Crippen LogP contribution in [0.5, 0.6) is 0 Å². The summed E-state index contributed by atoms with van der Waals surface area (Å²) in [5, 5.41) is 9.60. The van der Waals surface area contributed by atoms with Gasteiger partial charge < -0.3 is 4.90 Å². The van der Waals surface area contributed by atoms with Gasteiger partial charge in [-0.15, -0.1) is 0 Å². The maximum atomic E-state index is 13.1. The van der Waals surface area contributed by atoms with Crippen molar-refractivity contribution >= 4 is 46.1 Å². The lowest BCUT2D eigenvalue weighted by atomic mass is 9.97. The third-order valence-corrected chi connectivity index (χ3v) is 7.51. The van der Waals surface area contributed by atoms with Crippen LogP contribution in [0, 0.1) is 30.1 Å². The summed E-state index contributed by atoms with van der Waals surface area (Å²) in [6.45, 7) is 10.6. The lowest BCUT2D eigenvalue weighted by Crippen LogP contribution is -2.38. The first-order valence-electron chi connectivity index (χ1n) is 10.8. The molecule has 2 aliphatic heterocycles. The van der Waals surface area contributed by atoms with Crippen LogP contribution < -0.4 is 10.5 Å². The summed E-state index contributed by atoms with van der Waals surface area (Å²) in [4.78, 5) is 30.4. The molecule has 2 fully saturated rings. The largest absolute Gasteiger partial charge is 0.357 e. The summed E-state index contributed by atoms with van der Waals surface area (Å²) in [5.41, 5.74) is 1.21. The predicted molar refractivity (Wildman–Crippen MR) is 131 cm³/mol. The highest BCUT2D eigenvalue weighted by Crippen LogP contribution is 2.36. The number of anilines is 1. The molecule has 0 unspecified atom stereocenters. The van der Waals surface area contributed by atoms with E-state index in [1.54, 1.807) is 23.4 Å². The average molecular weight is 459 g/mol. The smallest absolute Gasteiger partial charge is 0.270 e. The molecule has 6 nitrogen and oxygen atoms in total. The van der Waals surface area contributed by atoms with Crippen LogP contribution in [0.15, 0.2) is 9.70 Å². The van der Waals surface area contributed by atoms with Crippen molar-refractivity contribution in [1.29, 1.82) is 5.26 Å². The average Bonchev–Trinajstić information content (AvgIpc) is 2.99. The van der Waals surface area contributed by atoms with E-state index in [1.807, 2.05) is 6.08 Å². The highest BCUT2D eigenvalue weighted by Gasteiger charge is 2.33. The Bertz CT molecular complexity index is 1030. The molecule has 1 aromatic heterocycles. The lowest BCUT2D eigenvalue weighted by Gasteiger charge is -2.34. The summed E-state index contributed by atoms with van der Waals surface area (Å²) in [6, 6.07) is 2.06. The predicted octanol–water partition coefficient (Wildman–Crippen LogP) is 4.05. The Kier molecular flexibility index (Phi) is 7.28. The number of nitriles is 1. The van der Waals surface area contributed by atoms with Gasteiger partial charge in [-0.2, -0.15) is 5.26 Å². The number of carbonyl (C=O) groups is 1. The van der Waals surface area contributed by atoms with Gasteiger partial charge in [0, 0.05) is 32.2 Å². The van der Waals surface area contributed by atoms with Crippen molar-refractivity contribution in [1.82, 2.24) is 9.47 Å². The minimum absolute atomic E-state index is 0.0966. The van der Waals surface area contributed by atoms with E-state index in [-0.39, 0.29) is 17.0 Å². The van der Waals surface area contributed by atoms with Gasteiger partial charge in [-0.05, 0) is 49.7 Å². The molecule has 1 amide bonds. The molecule has 3 heterocycles. The molecule has 0 saturated carbocycles. The van der Waals surface area contributed by atoms with Crippen LogP contribution in [0.4, 0.5) is 5.82 Å². The topological polar surface area (TPSA) is 69.3 Å². The van der Waals surface area contributed by atoms with E-state index in [0.29, 0.717) is 33.2 Å². The third kappa shape index (κ3) is 4.73. The van der Waals surface area contributed by atoms with Crippen LogP contribution >= 0.6 is 24.0 Å². The summed E-state index contributed by atoms with van der Waals surface area (Å²) in [6.07, 6.45) is 4.81. The number of thiocarbonyl (C=S) groups is 1. The number of carbonyl (C=O) groups excluding carboxylic acids is 1. The Labute approximate surface area is 193 Å². The standard InChI is InChI=1S/C23H30N4O2S2/c1-14(2)6-11-27-22(29)19(31-23(27)30)12-17-16(4)18(13-24)21(28)25(5)20(17)26-9-7-15(3)8-10-26/h12,14-15H,6-11H2,1-5H3/b19-12-. The second-order valence-corrected chi connectivity index (χ2v) is 10.6. The number of pyridine rings is 1. The number of aromatic nitrogens is 1. The van der Waals surface area contributed by atoms with Gasteiger partial charge in [0.15, 0.2) is 0 Å². The van der Waals surface area contributed by atoms with Crippen molar-refractivity contribution in [3.63, 3.8) is 0 Å². The number of amides is 1. The van der Waals surface area contributed by atoms with Gasteiger partial charge in [0.05, 0.1) is 4.91 Å². The zero-order valence-corrected chi connectivity index (χ0v) is 20.5. The van der Waals surface area contributed by atoms with Gasteiger partial charge in [0.1, 0.15) is 21.8 Å². The minimum atomic E-state index is -0.296. The summed E-state index contributed by atoms with van der Waals surface area (Å²) >= 11 is 6.77. The van der Waals surface area contributed by atoms with E-state index in [1.165, 1.54) is 11.8 Å². The number of hydrogen-bond acceptors (Lipinski definition) is 6. The molecule has 0 aromatic carbocycles. The summed E-state index contributed by atoms with van der Waals surface area (Å²) < 4.78 is 2.13. The Morgan fingerprint density at radius 2 is 1.94 bits per heavy atom. The molecule has 0 N–H and O–H groups in total. The Morgan fingerprint density at radius 1 is 1.29 bits per heavy atom. The van der Waals surface area contributed by atoms with E-state index in [9.17, 15) is 14.9 Å². The highest BCUT2D eigenvalue weighted by atomic mass is 32.2. The summed E-state index contributed by atoms with van der Waals surface area (Å²) in [7, 11) is 1.71. The molecule has 0 spiro atoms. The number of nitrogens with zero attached hydrogens (tertiary/aromatic N) is 4. The molecule has 166 valence electrons. The zero-order chi connectivity index (χ0) is 22.9. The Hall–Kier alpha value is -2.11. The fourth-order valence-electron chi connectivity index (χ4n) is 4.03.